The van der Waals surface area contributed by atoms with Gasteiger partial charge in [-0.15, -0.1) is 0 Å². The molecule has 3 rings (SSSR count). The van der Waals surface area contributed by atoms with Crippen LogP contribution in [-0.4, -0.2) is 49.3 Å². The molecule has 2 heterocycles. The predicted octanol–water partition coefficient (Wildman–Crippen LogP) is 1.54. The number of nitrogens with one attached hydrogen (secondary N) is 2. The number of ether oxygens (including phenoxy) is 1. The van der Waals surface area contributed by atoms with Crippen LogP contribution in [0.25, 0.3) is 0 Å². The minimum atomic E-state index is -0.253. The zero-order chi connectivity index (χ0) is 15.4. The summed E-state index contributed by atoms with van der Waals surface area (Å²) in [4.78, 5) is 14.3. The summed E-state index contributed by atoms with van der Waals surface area (Å²) in [7, 11) is 0. The fraction of sp³-hybridized carbons (Fsp3) is 0.500. The summed E-state index contributed by atoms with van der Waals surface area (Å²) in [6.45, 7) is 3.30. The van der Waals surface area contributed by atoms with Crippen molar-refractivity contribution in [1.29, 1.82) is 5.26 Å². The number of rotatable bonds is 3. The highest BCUT2D eigenvalue weighted by Gasteiger charge is 2.32. The highest BCUT2D eigenvalue weighted by molar-refractivity contribution is 5.89. The molecule has 0 saturated carbocycles. The number of fused-ring (bicyclic) bond motifs is 1. The van der Waals surface area contributed by atoms with E-state index in [1.807, 2.05) is 6.07 Å². The SMILES string of the molecule is N#Cc1ccc(NC(=O)NC[C@H]2CN3CCC[C@H]3CO2)cc1. The Bertz CT molecular complexity index is 567. The van der Waals surface area contributed by atoms with Crippen LogP contribution in [0, 0.1) is 11.3 Å². The Hall–Kier alpha value is -2.10. The summed E-state index contributed by atoms with van der Waals surface area (Å²) in [5.74, 6) is 0. The lowest BCUT2D eigenvalue weighted by atomic mass is 10.2. The van der Waals surface area contributed by atoms with E-state index in [9.17, 15) is 4.79 Å². The molecule has 2 saturated heterocycles. The molecule has 0 aliphatic carbocycles. The first-order valence-corrected chi connectivity index (χ1v) is 7.65. The predicted molar refractivity (Wildman–Crippen MR) is 82.5 cm³/mol. The first kappa shape index (κ1) is 14.8. The standard InChI is InChI=1S/C16H20N4O2/c17-8-12-3-5-13(6-4-12)19-16(21)18-9-15-10-20-7-1-2-14(20)11-22-15/h3-6,14-15H,1-2,7,9-11H2,(H2,18,19,21)/t14-,15-/m0/s1. The monoisotopic (exact) mass is 300 g/mol. The van der Waals surface area contributed by atoms with E-state index in [0.29, 0.717) is 23.8 Å². The number of anilines is 1. The maximum Gasteiger partial charge on any atom is 0.319 e. The van der Waals surface area contributed by atoms with Crippen LogP contribution < -0.4 is 10.6 Å². The van der Waals surface area contributed by atoms with E-state index < -0.39 is 0 Å². The van der Waals surface area contributed by atoms with Gasteiger partial charge >= 0.3 is 6.03 Å². The number of benzene rings is 1. The van der Waals surface area contributed by atoms with Gasteiger partial charge in [-0.3, -0.25) is 4.90 Å². The van der Waals surface area contributed by atoms with E-state index in [0.717, 1.165) is 19.7 Å². The van der Waals surface area contributed by atoms with Crippen molar-refractivity contribution in [3.8, 4) is 6.07 Å². The Kier molecular flexibility index (Phi) is 4.56. The quantitative estimate of drug-likeness (QED) is 0.887. The molecule has 0 bridgehead atoms. The normalized spacial score (nSPS) is 24.3. The molecule has 2 atom stereocenters. The average molecular weight is 300 g/mol. The summed E-state index contributed by atoms with van der Waals surface area (Å²) in [5, 5.41) is 14.3. The largest absolute Gasteiger partial charge is 0.373 e. The number of urea groups is 1. The van der Waals surface area contributed by atoms with Gasteiger partial charge in [0.05, 0.1) is 24.3 Å². The minimum Gasteiger partial charge on any atom is -0.373 e. The van der Waals surface area contributed by atoms with E-state index in [1.54, 1.807) is 24.3 Å². The number of nitriles is 1. The molecule has 6 heteroatoms. The second kappa shape index (κ2) is 6.77. The molecule has 2 aliphatic rings. The van der Waals surface area contributed by atoms with Gasteiger partial charge in [0.1, 0.15) is 0 Å². The zero-order valence-electron chi connectivity index (χ0n) is 12.4. The number of nitrogens with zero attached hydrogens (tertiary/aromatic N) is 2. The molecular weight excluding hydrogens is 280 g/mol. The van der Waals surface area contributed by atoms with Gasteiger partial charge in [-0.25, -0.2) is 4.79 Å². The number of hydrogen-bond donors (Lipinski definition) is 2. The van der Waals surface area contributed by atoms with Crippen molar-refractivity contribution >= 4 is 11.7 Å². The second-order valence-electron chi connectivity index (χ2n) is 5.77. The van der Waals surface area contributed by atoms with E-state index in [4.69, 9.17) is 10.00 Å². The van der Waals surface area contributed by atoms with Crippen LogP contribution in [0.15, 0.2) is 24.3 Å². The van der Waals surface area contributed by atoms with Gasteiger partial charge in [-0.1, -0.05) is 0 Å². The third-order valence-electron chi connectivity index (χ3n) is 4.22. The molecular formula is C16H20N4O2. The van der Waals surface area contributed by atoms with E-state index in [2.05, 4.69) is 15.5 Å². The molecule has 116 valence electrons. The first-order valence-electron chi connectivity index (χ1n) is 7.65. The van der Waals surface area contributed by atoms with Crippen molar-refractivity contribution in [3.63, 3.8) is 0 Å². The summed E-state index contributed by atoms with van der Waals surface area (Å²) in [5.41, 5.74) is 1.24. The molecule has 0 spiro atoms. The first-order chi connectivity index (χ1) is 10.7. The number of carbonyl (C=O) groups excluding carboxylic acids is 1. The molecule has 0 aromatic heterocycles. The minimum absolute atomic E-state index is 0.0565. The van der Waals surface area contributed by atoms with Crippen molar-refractivity contribution in [2.45, 2.75) is 25.0 Å². The van der Waals surface area contributed by atoms with Crippen LogP contribution in [0.4, 0.5) is 10.5 Å². The summed E-state index contributed by atoms with van der Waals surface area (Å²) in [6, 6.07) is 9.14. The molecule has 2 fully saturated rings. The van der Waals surface area contributed by atoms with Gasteiger partial charge in [0.2, 0.25) is 0 Å². The molecule has 22 heavy (non-hydrogen) atoms. The second-order valence-corrected chi connectivity index (χ2v) is 5.77. The maximum atomic E-state index is 11.9. The van der Waals surface area contributed by atoms with Gasteiger partial charge in [0.15, 0.2) is 0 Å². The lowest BCUT2D eigenvalue weighted by molar-refractivity contribution is -0.0456. The van der Waals surface area contributed by atoms with Crippen LogP contribution in [-0.2, 0) is 4.74 Å². The molecule has 1 aromatic carbocycles. The van der Waals surface area contributed by atoms with Gasteiger partial charge in [0.25, 0.3) is 0 Å². The topological polar surface area (TPSA) is 77.4 Å². The maximum absolute atomic E-state index is 11.9. The van der Waals surface area contributed by atoms with Crippen molar-refractivity contribution in [3.05, 3.63) is 29.8 Å². The fourth-order valence-corrected chi connectivity index (χ4v) is 3.02. The van der Waals surface area contributed by atoms with E-state index in [1.165, 1.54) is 12.8 Å². The Labute approximate surface area is 130 Å². The zero-order valence-corrected chi connectivity index (χ0v) is 12.4. The fourth-order valence-electron chi connectivity index (χ4n) is 3.02. The van der Waals surface area contributed by atoms with Crippen molar-refractivity contribution in [2.75, 3.05) is 31.6 Å². The van der Waals surface area contributed by atoms with Gasteiger partial charge in [-0.05, 0) is 43.7 Å². The van der Waals surface area contributed by atoms with Crippen molar-refractivity contribution in [1.82, 2.24) is 10.2 Å². The van der Waals surface area contributed by atoms with Crippen LogP contribution in [0.5, 0.6) is 0 Å². The highest BCUT2D eigenvalue weighted by Crippen LogP contribution is 2.22. The van der Waals surface area contributed by atoms with Gasteiger partial charge < -0.3 is 15.4 Å². The van der Waals surface area contributed by atoms with Crippen LogP contribution in [0.2, 0.25) is 0 Å². The lowest BCUT2D eigenvalue weighted by Crippen LogP contribution is -2.50. The van der Waals surface area contributed by atoms with Crippen molar-refractivity contribution in [2.24, 2.45) is 0 Å². The van der Waals surface area contributed by atoms with Gasteiger partial charge in [-0.2, -0.15) is 5.26 Å². The highest BCUT2D eigenvalue weighted by atomic mass is 16.5. The average Bonchev–Trinajstić information content (AvgIpc) is 3.01. The third-order valence-corrected chi connectivity index (χ3v) is 4.22. The Balaban J connectivity index is 1.43. The number of hydrogen-bond acceptors (Lipinski definition) is 4. The molecule has 1 aromatic rings. The van der Waals surface area contributed by atoms with Crippen LogP contribution >= 0.6 is 0 Å². The molecule has 0 radical (unpaired) electrons. The molecule has 2 amide bonds. The van der Waals surface area contributed by atoms with E-state index in [-0.39, 0.29) is 12.1 Å². The lowest BCUT2D eigenvalue weighted by Gasteiger charge is -2.35. The molecule has 2 N–H and O–H groups in total. The molecule has 6 nitrogen and oxygen atoms in total. The van der Waals surface area contributed by atoms with Crippen molar-refractivity contribution < 1.29 is 9.53 Å². The molecule has 0 unspecified atom stereocenters. The number of carbonyl (C=O) groups is 1. The summed E-state index contributed by atoms with van der Waals surface area (Å²) in [6.07, 6.45) is 2.52. The summed E-state index contributed by atoms with van der Waals surface area (Å²) < 4.78 is 5.80. The Morgan fingerprint density at radius 1 is 1.41 bits per heavy atom. The molecule has 2 aliphatic heterocycles. The number of amides is 2. The Morgan fingerprint density at radius 2 is 2.23 bits per heavy atom. The summed E-state index contributed by atoms with van der Waals surface area (Å²) >= 11 is 0. The number of morpholine rings is 1. The smallest absolute Gasteiger partial charge is 0.319 e. The Morgan fingerprint density at radius 3 is 3.00 bits per heavy atom. The van der Waals surface area contributed by atoms with E-state index >= 15 is 0 Å². The van der Waals surface area contributed by atoms with Crippen LogP contribution in [0.3, 0.4) is 0 Å². The van der Waals surface area contributed by atoms with Crippen LogP contribution in [0.1, 0.15) is 18.4 Å². The third kappa shape index (κ3) is 3.56. The van der Waals surface area contributed by atoms with Gasteiger partial charge in [0, 0.05) is 24.8 Å².